The van der Waals surface area contributed by atoms with Crippen molar-refractivity contribution in [1.29, 1.82) is 0 Å². The van der Waals surface area contributed by atoms with Gasteiger partial charge in [0.1, 0.15) is 0 Å². The van der Waals surface area contributed by atoms with Crippen LogP contribution >= 0.6 is 0 Å². The summed E-state index contributed by atoms with van der Waals surface area (Å²) < 4.78 is 36.5. The van der Waals surface area contributed by atoms with E-state index in [4.69, 9.17) is 0 Å². The highest BCUT2D eigenvalue weighted by molar-refractivity contribution is 5.10. The predicted molar refractivity (Wildman–Crippen MR) is 31.8 cm³/mol. The van der Waals surface area contributed by atoms with Gasteiger partial charge in [0.2, 0.25) is 0 Å². The van der Waals surface area contributed by atoms with Gasteiger partial charge in [0, 0.05) is 0 Å². The van der Waals surface area contributed by atoms with Crippen molar-refractivity contribution in [2.75, 3.05) is 0 Å². The number of hydrogen-bond acceptors (Lipinski definition) is 1. The number of hydrogen-bond donors (Lipinski definition) is 1. The molecule has 3 unspecified atom stereocenters. The van der Waals surface area contributed by atoms with Crippen LogP contribution in [0.3, 0.4) is 0 Å². The molecular formula is C7H9F3O. The molecule has 2 saturated carbocycles. The van der Waals surface area contributed by atoms with Gasteiger partial charge in [0.25, 0.3) is 0 Å². The molecular weight excluding hydrogens is 157 g/mol. The Hall–Kier alpha value is -0.250. The van der Waals surface area contributed by atoms with Gasteiger partial charge in [0.05, 0.1) is 0 Å². The van der Waals surface area contributed by atoms with Crippen LogP contribution < -0.4 is 0 Å². The van der Waals surface area contributed by atoms with Crippen molar-refractivity contribution in [3.63, 3.8) is 0 Å². The molecule has 1 nitrogen and oxygen atoms in total. The SMILES string of the molecule is OC1(C(F)(F)F)CCC2CC21. The lowest BCUT2D eigenvalue weighted by Crippen LogP contribution is -2.45. The standard InChI is InChI=1S/C7H9F3O/c8-7(9,10)6(11)2-1-4-3-5(4)6/h4-5,11H,1-3H2. The Labute approximate surface area is 62.2 Å². The van der Waals surface area contributed by atoms with Crippen molar-refractivity contribution in [2.45, 2.75) is 31.0 Å². The highest BCUT2D eigenvalue weighted by Crippen LogP contribution is 2.62. The van der Waals surface area contributed by atoms with Crippen molar-refractivity contribution < 1.29 is 18.3 Å². The van der Waals surface area contributed by atoms with Gasteiger partial charge < -0.3 is 5.11 Å². The summed E-state index contributed by atoms with van der Waals surface area (Å²) in [6.45, 7) is 0. The lowest BCUT2D eigenvalue weighted by atomic mass is 9.97. The molecule has 0 bridgehead atoms. The number of halogens is 3. The lowest BCUT2D eigenvalue weighted by molar-refractivity contribution is -0.265. The predicted octanol–water partition coefficient (Wildman–Crippen LogP) is 1.71. The summed E-state index contributed by atoms with van der Waals surface area (Å²) in [5.41, 5.74) is -2.34. The Bertz CT molecular complexity index is 189. The molecule has 0 spiro atoms. The first-order valence-electron chi connectivity index (χ1n) is 3.74. The third-order valence-electron chi connectivity index (χ3n) is 2.92. The molecule has 0 aromatic carbocycles. The third kappa shape index (κ3) is 0.818. The van der Waals surface area contributed by atoms with E-state index >= 15 is 0 Å². The second kappa shape index (κ2) is 1.73. The van der Waals surface area contributed by atoms with Crippen molar-refractivity contribution in [3.8, 4) is 0 Å². The molecule has 0 amide bonds. The Morgan fingerprint density at radius 3 is 2.18 bits per heavy atom. The third-order valence-corrected chi connectivity index (χ3v) is 2.92. The molecule has 1 N–H and O–H groups in total. The van der Waals surface area contributed by atoms with Gasteiger partial charge in [-0.1, -0.05) is 0 Å². The van der Waals surface area contributed by atoms with Crippen LogP contribution in [0.1, 0.15) is 19.3 Å². The van der Waals surface area contributed by atoms with E-state index in [-0.39, 0.29) is 12.3 Å². The van der Waals surface area contributed by atoms with Gasteiger partial charge in [-0.25, -0.2) is 0 Å². The minimum Gasteiger partial charge on any atom is -0.380 e. The second-order valence-corrected chi connectivity index (χ2v) is 3.56. The van der Waals surface area contributed by atoms with Crippen LogP contribution in [0.2, 0.25) is 0 Å². The number of alkyl halides is 3. The zero-order chi connectivity index (χ0) is 8.28. The fourth-order valence-corrected chi connectivity index (χ4v) is 2.09. The maximum atomic E-state index is 12.2. The van der Waals surface area contributed by atoms with Gasteiger partial charge >= 0.3 is 6.18 Å². The van der Waals surface area contributed by atoms with Crippen LogP contribution in [0.15, 0.2) is 0 Å². The van der Waals surface area contributed by atoms with Gasteiger partial charge in [-0.2, -0.15) is 13.2 Å². The average molecular weight is 166 g/mol. The molecule has 2 aliphatic carbocycles. The van der Waals surface area contributed by atoms with Crippen molar-refractivity contribution in [3.05, 3.63) is 0 Å². The van der Waals surface area contributed by atoms with E-state index in [0.717, 1.165) is 0 Å². The zero-order valence-corrected chi connectivity index (χ0v) is 5.86. The van der Waals surface area contributed by atoms with Crippen LogP contribution in [0.25, 0.3) is 0 Å². The summed E-state index contributed by atoms with van der Waals surface area (Å²) in [5, 5.41) is 9.21. The highest BCUT2D eigenvalue weighted by atomic mass is 19.4. The summed E-state index contributed by atoms with van der Waals surface area (Å²) in [7, 11) is 0. The fourth-order valence-electron chi connectivity index (χ4n) is 2.09. The smallest absolute Gasteiger partial charge is 0.380 e. The molecule has 64 valence electrons. The van der Waals surface area contributed by atoms with Gasteiger partial charge in [-0.05, 0) is 31.1 Å². The zero-order valence-electron chi connectivity index (χ0n) is 5.86. The maximum Gasteiger partial charge on any atom is 0.417 e. The maximum absolute atomic E-state index is 12.2. The minimum absolute atomic E-state index is 0.0914. The number of rotatable bonds is 0. The summed E-state index contributed by atoms with van der Waals surface area (Å²) in [4.78, 5) is 0. The highest BCUT2D eigenvalue weighted by Gasteiger charge is 2.69. The monoisotopic (exact) mass is 166 g/mol. The first kappa shape index (κ1) is 7.40. The molecule has 0 heterocycles. The van der Waals surface area contributed by atoms with Crippen molar-refractivity contribution in [2.24, 2.45) is 11.8 Å². The lowest BCUT2D eigenvalue weighted by Gasteiger charge is -2.27. The minimum atomic E-state index is -4.41. The van der Waals surface area contributed by atoms with E-state index in [2.05, 4.69) is 0 Å². The Balaban J connectivity index is 2.22. The van der Waals surface area contributed by atoms with E-state index in [1.54, 1.807) is 0 Å². The van der Waals surface area contributed by atoms with E-state index in [0.29, 0.717) is 12.8 Å². The Kier molecular flexibility index (Phi) is 1.17. The molecule has 0 aromatic rings. The fraction of sp³-hybridized carbons (Fsp3) is 1.00. The average Bonchev–Trinajstić information content (AvgIpc) is 2.54. The summed E-state index contributed by atoms with van der Waals surface area (Å²) >= 11 is 0. The molecule has 0 aromatic heterocycles. The molecule has 2 fully saturated rings. The molecule has 2 aliphatic rings. The first-order valence-corrected chi connectivity index (χ1v) is 3.74. The molecule has 0 saturated heterocycles. The second-order valence-electron chi connectivity index (χ2n) is 3.56. The summed E-state index contributed by atoms with van der Waals surface area (Å²) in [5.74, 6) is -0.330. The van der Waals surface area contributed by atoms with E-state index < -0.39 is 17.7 Å². The van der Waals surface area contributed by atoms with E-state index in [1.807, 2.05) is 0 Å². The van der Waals surface area contributed by atoms with Gasteiger partial charge in [-0.3, -0.25) is 0 Å². The topological polar surface area (TPSA) is 20.2 Å². The largest absolute Gasteiger partial charge is 0.417 e. The quantitative estimate of drug-likeness (QED) is 0.580. The Morgan fingerprint density at radius 2 is 2.00 bits per heavy atom. The van der Waals surface area contributed by atoms with E-state index in [9.17, 15) is 18.3 Å². The summed E-state index contributed by atoms with van der Waals surface area (Å²) in [6, 6.07) is 0. The number of fused-ring (bicyclic) bond motifs is 1. The van der Waals surface area contributed by atoms with Gasteiger partial charge in [0.15, 0.2) is 5.60 Å². The summed E-state index contributed by atoms with van der Waals surface area (Å²) in [6.07, 6.45) is -3.40. The number of aliphatic hydroxyl groups is 1. The molecule has 0 radical (unpaired) electrons. The van der Waals surface area contributed by atoms with Crippen molar-refractivity contribution >= 4 is 0 Å². The molecule has 2 rings (SSSR count). The molecule has 3 atom stereocenters. The van der Waals surface area contributed by atoms with Crippen molar-refractivity contribution in [1.82, 2.24) is 0 Å². The molecule has 4 heteroatoms. The molecule has 0 aliphatic heterocycles. The Morgan fingerprint density at radius 1 is 1.36 bits per heavy atom. The van der Waals surface area contributed by atoms with E-state index in [1.165, 1.54) is 0 Å². The molecule has 11 heavy (non-hydrogen) atoms. The van der Waals surface area contributed by atoms with Crippen LogP contribution in [0.5, 0.6) is 0 Å². The van der Waals surface area contributed by atoms with Crippen LogP contribution in [-0.4, -0.2) is 16.9 Å². The normalized spacial score (nSPS) is 49.1. The van der Waals surface area contributed by atoms with Gasteiger partial charge in [-0.15, -0.1) is 0 Å². The van der Waals surface area contributed by atoms with Crippen LogP contribution in [-0.2, 0) is 0 Å². The first-order chi connectivity index (χ1) is 4.95. The van der Waals surface area contributed by atoms with Crippen LogP contribution in [0, 0.1) is 11.8 Å². The van der Waals surface area contributed by atoms with Crippen LogP contribution in [0.4, 0.5) is 13.2 Å².